The fraction of sp³-hybridized carbons (Fsp3) is 0.762. The quantitative estimate of drug-likeness (QED) is 0.519. The Labute approximate surface area is 148 Å². The predicted octanol–water partition coefficient (Wildman–Crippen LogP) is 4.84. The number of hydrogen-bond acceptors (Lipinski definition) is 3. The van der Waals surface area contributed by atoms with E-state index in [4.69, 9.17) is 4.74 Å². The molecular formula is C21H36O3. The largest absolute Gasteiger partial charge is 0.393 e. The number of carbonyl (C=O) groups excluding carboxylic acids is 1. The van der Waals surface area contributed by atoms with Gasteiger partial charge in [-0.15, -0.1) is 0 Å². The Bertz CT molecular complexity index is 438. The monoisotopic (exact) mass is 336 g/mol. The fourth-order valence-electron chi connectivity index (χ4n) is 3.31. The lowest BCUT2D eigenvalue weighted by Gasteiger charge is -2.36. The van der Waals surface area contributed by atoms with E-state index in [9.17, 15) is 9.90 Å². The van der Waals surface area contributed by atoms with Crippen molar-refractivity contribution in [3.05, 3.63) is 23.8 Å². The third kappa shape index (κ3) is 6.52. The minimum atomic E-state index is -0.577. The molecule has 1 N–H and O–H groups in total. The molecule has 3 unspecified atom stereocenters. The highest BCUT2D eigenvalue weighted by Crippen LogP contribution is 2.31. The van der Waals surface area contributed by atoms with Gasteiger partial charge in [0.05, 0.1) is 18.8 Å². The van der Waals surface area contributed by atoms with Crippen LogP contribution in [-0.2, 0) is 9.53 Å². The summed E-state index contributed by atoms with van der Waals surface area (Å²) in [7, 11) is 0. The van der Waals surface area contributed by atoms with Crippen LogP contribution in [0.25, 0.3) is 0 Å². The van der Waals surface area contributed by atoms with Crippen molar-refractivity contribution in [2.24, 2.45) is 11.8 Å². The van der Waals surface area contributed by atoms with E-state index in [-0.39, 0.29) is 18.3 Å². The summed E-state index contributed by atoms with van der Waals surface area (Å²) in [5.41, 5.74) is 0.182. The lowest BCUT2D eigenvalue weighted by molar-refractivity contribution is -0.113. The van der Waals surface area contributed by atoms with E-state index >= 15 is 0 Å². The Balaban J connectivity index is 2.60. The standard InChI is InChI=1S/C21H36O3/c1-5-7-8-10-18(9-6-2)15-24-21(4,16-22)20-13-11-19(12-14-20)17(3)23/h11-13,18,20,22H,5-10,14-16H2,1-4H3. The molecule has 138 valence electrons. The third-order valence-corrected chi connectivity index (χ3v) is 5.17. The molecule has 24 heavy (non-hydrogen) atoms. The van der Waals surface area contributed by atoms with Crippen LogP contribution in [0.1, 0.15) is 72.6 Å². The number of aliphatic hydroxyl groups is 1. The van der Waals surface area contributed by atoms with Crippen LogP contribution in [0.15, 0.2) is 23.8 Å². The molecular weight excluding hydrogens is 300 g/mol. The second-order valence-corrected chi connectivity index (χ2v) is 7.35. The highest BCUT2D eigenvalue weighted by Gasteiger charge is 2.34. The summed E-state index contributed by atoms with van der Waals surface area (Å²) in [6.45, 7) is 8.73. The highest BCUT2D eigenvalue weighted by atomic mass is 16.5. The number of allylic oxidation sites excluding steroid dienone is 3. The first-order valence-electron chi connectivity index (χ1n) is 9.60. The number of carbonyl (C=O) groups is 1. The van der Waals surface area contributed by atoms with Crippen molar-refractivity contribution in [3.63, 3.8) is 0 Å². The van der Waals surface area contributed by atoms with E-state index < -0.39 is 5.60 Å². The van der Waals surface area contributed by atoms with Gasteiger partial charge >= 0.3 is 0 Å². The fourth-order valence-corrected chi connectivity index (χ4v) is 3.31. The zero-order chi connectivity index (χ0) is 18.0. The van der Waals surface area contributed by atoms with Crippen LogP contribution in [0.3, 0.4) is 0 Å². The Hall–Kier alpha value is -0.930. The maximum Gasteiger partial charge on any atom is 0.159 e. The van der Waals surface area contributed by atoms with Gasteiger partial charge in [-0.05, 0) is 39.0 Å². The second kappa shape index (κ2) is 10.8. The smallest absolute Gasteiger partial charge is 0.159 e. The molecule has 0 saturated carbocycles. The van der Waals surface area contributed by atoms with Crippen LogP contribution in [0, 0.1) is 11.8 Å². The highest BCUT2D eigenvalue weighted by molar-refractivity contribution is 5.96. The summed E-state index contributed by atoms with van der Waals surface area (Å²) in [5, 5.41) is 9.92. The molecule has 3 nitrogen and oxygen atoms in total. The van der Waals surface area contributed by atoms with Crippen LogP contribution in [-0.4, -0.2) is 29.7 Å². The first kappa shape index (κ1) is 21.1. The first-order chi connectivity index (χ1) is 11.5. The number of aliphatic hydroxyl groups excluding tert-OH is 1. The molecule has 0 aromatic carbocycles. The van der Waals surface area contributed by atoms with Crippen LogP contribution in [0.5, 0.6) is 0 Å². The molecule has 1 rings (SSSR count). The minimum Gasteiger partial charge on any atom is -0.393 e. The Kier molecular flexibility index (Phi) is 9.53. The van der Waals surface area contributed by atoms with E-state index in [1.807, 2.05) is 25.2 Å². The summed E-state index contributed by atoms with van der Waals surface area (Å²) in [5.74, 6) is 0.780. The maximum atomic E-state index is 11.4. The average molecular weight is 337 g/mol. The van der Waals surface area contributed by atoms with Crippen LogP contribution < -0.4 is 0 Å². The SMILES string of the molecule is CCCCCC(CCC)COC(C)(CO)C1C=CC(C(C)=O)=CC1. The van der Waals surface area contributed by atoms with Gasteiger partial charge in [-0.25, -0.2) is 0 Å². The number of rotatable bonds is 12. The van der Waals surface area contributed by atoms with E-state index in [0.29, 0.717) is 12.5 Å². The lowest BCUT2D eigenvalue weighted by atomic mass is 9.82. The normalized spacial score (nSPS) is 21.2. The van der Waals surface area contributed by atoms with E-state index in [0.717, 1.165) is 12.0 Å². The number of Topliss-reactive ketones (excluding diaryl/α,β-unsaturated/α-hetero) is 1. The van der Waals surface area contributed by atoms with Gasteiger partial charge in [0, 0.05) is 11.5 Å². The lowest BCUT2D eigenvalue weighted by Crippen LogP contribution is -2.42. The van der Waals surface area contributed by atoms with Gasteiger partial charge in [-0.2, -0.15) is 0 Å². The Morgan fingerprint density at radius 3 is 2.58 bits per heavy atom. The Morgan fingerprint density at radius 1 is 1.33 bits per heavy atom. The molecule has 0 fully saturated rings. The van der Waals surface area contributed by atoms with Gasteiger partial charge in [0.2, 0.25) is 0 Å². The predicted molar refractivity (Wildman–Crippen MR) is 100.0 cm³/mol. The number of hydrogen-bond donors (Lipinski definition) is 1. The molecule has 0 radical (unpaired) electrons. The van der Waals surface area contributed by atoms with Crippen molar-refractivity contribution in [1.29, 1.82) is 0 Å². The maximum absolute atomic E-state index is 11.4. The van der Waals surface area contributed by atoms with Gasteiger partial charge in [-0.3, -0.25) is 4.79 Å². The van der Waals surface area contributed by atoms with Crippen molar-refractivity contribution in [2.75, 3.05) is 13.2 Å². The molecule has 1 aliphatic carbocycles. The minimum absolute atomic E-state index is 0.000936. The molecule has 1 aliphatic rings. The van der Waals surface area contributed by atoms with Crippen molar-refractivity contribution < 1.29 is 14.6 Å². The molecule has 0 aromatic rings. The average Bonchev–Trinajstić information content (AvgIpc) is 2.59. The van der Waals surface area contributed by atoms with E-state index in [2.05, 4.69) is 13.8 Å². The van der Waals surface area contributed by atoms with Crippen molar-refractivity contribution >= 4 is 5.78 Å². The molecule has 0 aliphatic heterocycles. The molecule has 0 spiro atoms. The molecule has 0 saturated heterocycles. The van der Waals surface area contributed by atoms with Gasteiger partial charge in [0.25, 0.3) is 0 Å². The summed E-state index contributed by atoms with van der Waals surface area (Å²) in [6.07, 6.45) is 14.0. The van der Waals surface area contributed by atoms with Crippen molar-refractivity contribution in [2.45, 2.75) is 78.2 Å². The topological polar surface area (TPSA) is 46.5 Å². The molecule has 0 amide bonds. The number of unbranched alkanes of at least 4 members (excludes halogenated alkanes) is 2. The van der Waals surface area contributed by atoms with Gasteiger partial charge < -0.3 is 9.84 Å². The van der Waals surface area contributed by atoms with Crippen LogP contribution in [0.2, 0.25) is 0 Å². The summed E-state index contributed by atoms with van der Waals surface area (Å²) in [4.78, 5) is 11.4. The van der Waals surface area contributed by atoms with E-state index in [1.54, 1.807) is 6.92 Å². The zero-order valence-electron chi connectivity index (χ0n) is 16.0. The molecule has 0 bridgehead atoms. The van der Waals surface area contributed by atoms with E-state index in [1.165, 1.54) is 38.5 Å². The second-order valence-electron chi connectivity index (χ2n) is 7.35. The van der Waals surface area contributed by atoms with Gasteiger partial charge in [-0.1, -0.05) is 57.8 Å². The van der Waals surface area contributed by atoms with Gasteiger partial charge in [0.1, 0.15) is 0 Å². The summed E-state index contributed by atoms with van der Waals surface area (Å²) >= 11 is 0. The number of ketones is 1. The van der Waals surface area contributed by atoms with Gasteiger partial charge in [0.15, 0.2) is 5.78 Å². The summed E-state index contributed by atoms with van der Waals surface area (Å²) in [6, 6.07) is 0. The molecule has 3 atom stereocenters. The molecule has 3 heteroatoms. The van der Waals surface area contributed by atoms with Crippen LogP contribution >= 0.6 is 0 Å². The first-order valence-corrected chi connectivity index (χ1v) is 9.60. The zero-order valence-corrected chi connectivity index (χ0v) is 16.0. The molecule has 0 heterocycles. The third-order valence-electron chi connectivity index (χ3n) is 5.17. The Morgan fingerprint density at radius 2 is 2.08 bits per heavy atom. The molecule has 0 aromatic heterocycles. The summed E-state index contributed by atoms with van der Waals surface area (Å²) < 4.78 is 6.24. The van der Waals surface area contributed by atoms with Crippen molar-refractivity contribution in [3.8, 4) is 0 Å². The van der Waals surface area contributed by atoms with Crippen LogP contribution in [0.4, 0.5) is 0 Å². The van der Waals surface area contributed by atoms with Crippen molar-refractivity contribution in [1.82, 2.24) is 0 Å². The number of ether oxygens (including phenoxy) is 1.